The van der Waals surface area contributed by atoms with Crippen LogP contribution in [0.2, 0.25) is 0 Å². The number of fused-ring (bicyclic) bond motifs is 1. The number of tetrazole rings is 1. The summed E-state index contributed by atoms with van der Waals surface area (Å²) in [5.74, 6) is 2.37. The lowest BCUT2D eigenvalue weighted by molar-refractivity contribution is 0.0842. The Balaban J connectivity index is 1.51. The molecule has 3 heterocycles. The highest BCUT2D eigenvalue weighted by Gasteiger charge is 2.32. The van der Waals surface area contributed by atoms with E-state index in [1.54, 1.807) is 13.4 Å². The summed E-state index contributed by atoms with van der Waals surface area (Å²) in [7, 11) is 1.65. The summed E-state index contributed by atoms with van der Waals surface area (Å²) in [6.45, 7) is 3.15. The van der Waals surface area contributed by atoms with Gasteiger partial charge in [-0.1, -0.05) is 26.2 Å². The number of ether oxygens (including phenoxy) is 1. The van der Waals surface area contributed by atoms with Crippen LogP contribution in [-0.2, 0) is 13.1 Å². The van der Waals surface area contributed by atoms with E-state index in [4.69, 9.17) is 9.15 Å². The number of hydrogen-bond donors (Lipinski definition) is 1. The first-order valence-electron chi connectivity index (χ1n) is 12.4. The molecular weight excluding hydrogens is 444 g/mol. The van der Waals surface area contributed by atoms with E-state index in [9.17, 15) is 4.79 Å². The molecule has 0 spiro atoms. The summed E-state index contributed by atoms with van der Waals surface area (Å²) in [6.07, 6.45) is 8.35. The van der Waals surface area contributed by atoms with Crippen LogP contribution in [0.1, 0.15) is 68.6 Å². The maximum Gasteiger partial charge on any atom is 0.252 e. The zero-order valence-corrected chi connectivity index (χ0v) is 20.3. The second kappa shape index (κ2) is 10.4. The Morgan fingerprint density at radius 3 is 2.83 bits per heavy atom. The third-order valence-electron chi connectivity index (χ3n) is 7.06. The van der Waals surface area contributed by atoms with Crippen LogP contribution < -0.4 is 10.3 Å². The Labute approximate surface area is 204 Å². The van der Waals surface area contributed by atoms with Crippen LogP contribution in [0.4, 0.5) is 0 Å². The van der Waals surface area contributed by atoms with Crippen molar-refractivity contribution >= 4 is 10.9 Å². The number of hydrogen-bond acceptors (Lipinski definition) is 7. The lowest BCUT2D eigenvalue weighted by Gasteiger charge is -2.39. The second-order valence-corrected chi connectivity index (χ2v) is 9.24. The summed E-state index contributed by atoms with van der Waals surface area (Å²) >= 11 is 0. The third-order valence-corrected chi connectivity index (χ3v) is 7.06. The van der Waals surface area contributed by atoms with Gasteiger partial charge in [0.1, 0.15) is 18.1 Å². The van der Waals surface area contributed by atoms with Gasteiger partial charge in [0.25, 0.3) is 5.56 Å². The number of benzene rings is 1. The minimum atomic E-state index is -0.0616. The third kappa shape index (κ3) is 5.00. The van der Waals surface area contributed by atoms with Crippen LogP contribution in [0.5, 0.6) is 5.75 Å². The molecule has 1 aromatic carbocycles. The minimum absolute atomic E-state index is 0.0246. The monoisotopic (exact) mass is 476 g/mol. The second-order valence-electron chi connectivity index (χ2n) is 9.24. The Morgan fingerprint density at radius 1 is 1.23 bits per heavy atom. The van der Waals surface area contributed by atoms with E-state index in [0.29, 0.717) is 19.1 Å². The van der Waals surface area contributed by atoms with Crippen molar-refractivity contribution in [2.75, 3.05) is 7.11 Å². The molecule has 4 aromatic rings. The van der Waals surface area contributed by atoms with Crippen molar-refractivity contribution in [3.05, 3.63) is 70.2 Å². The lowest BCUT2D eigenvalue weighted by Crippen LogP contribution is -2.41. The van der Waals surface area contributed by atoms with Crippen LogP contribution >= 0.6 is 0 Å². The van der Waals surface area contributed by atoms with Crippen molar-refractivity contribution in [3.8, 4) is 5.75 Å². The molecule has 1 atom stereocenters. The highest BCUT2D eigenvalue weighted by atomic mass is 16.5. The maximum absolute atomic E-state index is 13.1. The summed E-state index contributed by atoms with van der Waals surface area (Å²) in [4.78, 5) is 18.6. The van der Waals surface area contributed by atoms with Gasteiger partial charge in [-0.2, -0.15) is 0 Å². The summed E-state index contributed by atoms with van der Waals surface area (Å²) in [5, 5.41) is 13.6. The number of rotatable bonds is 9. The Morgan fingerprint density at radius 2 is 2.09 bits per heavy atom. The number of nitrogens with one attached hydrogen (secondary N) is 1. The molecule has 1 unspecified atom stereocenters. The van der Waals surface area contributed by atoms with Crippen molar-refractivity contribution < 1.29 is 9.15 Å². The zero-order chi connectivity index (χ0) is 24.2. The predicted molar refractivity (Wildman–Crippen MR) is 132 cm³/mol. The average molecular weight is 477 g/mol. The van der Waals surface area contributed by atoms with Gasteiger partial charge in [0.2, 0.25) is 0 Å². The molecule has 9 heteroatoms. The van der Waals surface area contributed by atoms with E-state index in [-0.39, 0.29) is 11.6 Å². The number of aromatic nitrogens is 5. The molecule has 0 bridgehead atoms. The number of aromatic amines is 1. The highest BCUT2D eigenvalue weighted by molar-refractivity contribution is 5.80. The van der Waals surface area contributed by atoms with E-state index >= 15 is 0 Å². The molecule has 5 rings (SSSR count). The Kier molecular flexibility index (Phi) is 6.94. The quantitative estimate of drug-likeness (QED) is 0.381. The Hall–Kier alpha value is -3.46. The molecule has 0 amide bonds. The zero-order valence-electron chi connectivity index (χ0n) is 20.3. The normalized spacial score (nSPS) is 15.6. The first-order chi connectivity index (χ1) is 17.2. The standard InChI is InChI=1S/C26H32N6O3/c1-3-24(25-28-29-30-32(25)17-22-10-7-13-35-22)31(20-8-5-4-6-9-20)16-19-14-18-15-21(34-2)11-12-23(18)27-26(19)33/h7,10-15,20,24H,3-6,8-9,16-17H2,1-2H3,(H,27,33). The van der Waals surface area contributed by atoms with Crippen LogP contribution in [0, 0.1) is 0 Å². The van der Waals surface area contributed by atoms with Gasteiger partial charge in [-0.25, -0.2) is 4.68 Å². The summed E-state index contributed by atoms with van der Waals surface area (Å²) < 4.78 is 12.7. The van der Waals surface area contributed by atoms with E-state index in [0.717, 1.165) is 53.1 Å². The lowest BCUT2D eigenvalue weighted by atomic mass is 9.92. The molecule has 35 heavy (non-hydrogen) atoms. The molecule has 1 saturated carbocycles. The SMILES string of the molecule is CCC(c1nnnn1Cc1ccco1)N(Cc1cc2cc(OC)ccc2[nH]c1=O)C1CCCCC1. The largest absolute Gasteiger partial charge is 0.497 e. The van der Waals surface area contributed by atoms with Crippen LogP contribution in [-0.4, -0.2) is 43.2 Å². The molecule has 1 aliphatic carbocycles. The number of pyridine rings is 1. The molecule has 0 aliphatic heterocycles. The van der Waals surface area contributed by atoms with Crippen molar-refractivity contribution in [2.45, 2.75) is 70.6 Å². The highest BCUT2D eigenvalue weighted by Crippen LogP contribution is 2.33. The summed E-state index contributed by atoms with van der Waals surface area (Å²) in [6, 6.07) is 11.8. The van der Waals surface area contributed by atoms with Crippen LogP contribution in [0.15, 0.2) is 51.9 Å². The fourth-order valence-corrected chi connectivity index (χ4v) is 5.26. The minimum Gasteiger partial charge on any atom is -0.497 e. The fourth-order valence-electron chi connectivity index (χ4n) is 5.26. The van der Waals surface area contributed by atoms with Gasteiger partial charge in [0, 0.05) is 29.1 Å². The predicted octanol–water partition coefficient (Wildman–Crippen LogP) is 4.45. The molecule has 1 fully saturated rings. The molecule has 1 aliphatic rings. The van der Waals surface area contributed by atoms with E-state index in [1.165, 1.54) is 19.3 Å². The topological polar surface area (TPSA) is 102 Å². The number of furan rings is 1. The van der Waals surface area contributed by atoms with Crippen LogP contribution in [0.3, 0.4) is 0 Å². The molecular formula is C26H32N6O3. The first-order valence-corrected chi connectivity index (χ1v) is 12.4. The van der Waals surface area contributed by atoms with E-state index in [1.807, 2.05) is 41.1 Å². The molecule has 1 N–H and O–H groups in total. The molecule has 9 nitrogen and oxygen atoms in total. The van der Waals surface area contributed by atoms with Crippen molar-refractivity contribution in [1.29, 1.82) is 0 Å². The van der Waals surface area contributed by atoms with E-state index in [2.05, 4.69) is 32.3 Å². The fraction of sp³-hybridized carbons (Fsp3) is 0.462. The smallest absolute Gasteiger partial charge is 0.252 e. The Bertz CT molecular complexity index is 1310. The van der Waals surface area contributed by atoms with Gasteiger partial charge in [0.05, 0.1) is 19.4 Å². The number of nitrogens with zero attached hydrogens (tertiary/aromatic N) is 5. The molecule has 0 saturated heterocycles. The van der Waals surface area contributed by atoms with Crippen molar-refractivity contribution in [3.63, 3.8) is 0 Å². The number of methoxy groups -OCH3 is 1. The van der Waals surface area contributed by atoms with Gasteiger partial charge in [-0.3, -0.25) is 9.69 Å². The van der Waals surface area contributed by atoms with Gasteiger partial charge in [0.15, 0.2) is 5.82 Å². The van der Waals surface area contributed by atoms with Crippen LogP contribution in [0.25, 0.3) is 10.9 Å². The molecule has 184 valence electrons. The molecule has 3 aromatic heterocycles. The number of H-pyrrole nitrogens is 1. The van der Waals surface area contributed by atoms with Gasteiger partial charge >= 0.3 is 0 Å². The van der Waals surface area contributed by atoms with E-state index < -0.39 is 0 Å². The van der Waals surface area contributed by atoms with Gasteiger partial charge in [-0.05, 0) is 66.1 Å². The van der Waals surface area contributed by atoms with Crippen molar-refractivity contribution in [1.82, 2.24) is 30.1 Å². The van der Waals surface area contributed by atoms with Crippen molar-refractivity contribution in [2.24, 2.45) is 0 Å². The maximum atomic E-state index is 13.1. The molecule has 0 radical (unpaired) electrons. The van der Waals surface area contributed by atoms with Gasteiger partial charge < -0.3 is 14.1 Å². The van der Waals surface area contributed by atoms with Gasteiger partial charge in [-0.15, -0.1) is 5.10 Å². The average Bonchev–Trinajstić information content (AvgIpc) is 3.57. The first kappa shape index (κ1) is 23.3. The summed E-state index contributed by atoms with van der Waals surface area (Å²) in [5.41, 5.74) is 1.48.